The number of carbonyl (C=O) groups excluding carboxylic acids is 2. The van der Waals surface area contributed by atoms with Crippen molar-refractivity contribution in [2.45, 2.75) is 17.9 Å². The molecule has 3 rings (SSSR count). The monoisotopic (exact) mass is 292 g/mol. The third-order valence-electron chi connectivity index (χ3n) is 3.39. The van der Waals surface area contributed by atoms with E-state index in [1.807, 2.05) is 19.1 Å². The number of carbonyl (C=O) groups is 2. The molecular weight excluding hydrogens is 276 g/mol. The molecule has 106 valence electrons. The Hall–Kier alpha value is -1.53. The van der Waals surface area contributed by atoms with Gasteiger partial charge >= 0.3 is 0 Å². The number of nitrogens with one attached hydrogen (secondary N) is 1. The summed E-state index contributed by atoms with van der Waals surface area (Å²) >= 11 is 1.50. The van der Waals surface area contributed by atoms with Crippen LogP contribution in [0.3, 0.4) is 0 Å². The SMILES string of the molecule is C[C@H]1CN(C(=O)c2ccc3c(c2)NC(=O)CS3)CCO1. The van der Waals surface area contributed by atoms with E-state index in [0.29, 0.717) is 31.0 Å². The molecule has 1 atom stereocenters. The number of rotatable bonds is 1. The van der Waals surface area contributed by atoms with Crippen LogP contribution in [-0.2, 0) is 9.53 Å². The molecule has 0 aliphatic carbocycles. The van der Waals surface area contributed by atoms with Crippen LogP contribution in [0.5, 0.6) is 0 Å². The fraction of sp³-hybridized carbons (Fsp3) is 0.429. The van der Waals surface area contributed by atoms with Gasteiger partial charge in [0, 0.05) is 23.5 Å². The maximum Gasteiger partial charge on any atom is 0.254 e. The maximum absolute atomic E-state index is 12.5. The predicted molar refractivity (Wildman–Crippen MR) is 77.1 cm³/mol. The number of benzene rings is 1. The molecular formula is C14H16N2O3S. The number of thioether (sulfide) groups is 1. The van der Waals surface area contributed by atoms with Gasteiger partial charge in [-0.25, -0.2) is 0 Å². The molecule has 2 aliphatic rings. The molecule has 5 nitrogen and oxygen atoms in total. The van der Waals surface area contributed by atoms with Gasteiger partial charge in [-0.1, -0.05) is 0 Å². The second-order valence-corrected chi connectivity index (χ2v) is 6.00. The first-order valence-electron chi connectivity index (χ1n) is 6.61. The Morgan fingerprint density at radius 1 is 1.50 bits per heavy atom. The van der Waals surface area contributed by atoms with Crippen LogP contribution in [0, 0.1) is 0 Å². The topological polar surface area (TPSA) is 58.6 Å². The third kappa shape index (κ3) is 2.66. The Morgan fingerprint density at radius 3 is 3.15 bits per heavy atom. The summed E-state index contributed by atoms with van der Waals surface area (Å²) < 4.78 is 5.44. The van der Waals surface area contributed by atoms with Gasteiger partial charge in [-0.3, -0.25) is 9.59 Å². The number of amides is 2. The van der Waals surface area contributed by atoms with Gasteiger partial charge in [-0.2, -0.15) is 0 Å². The number of hydrogen-bond acceptors (Lipinski definition) is 4. The summed E-state index contributed by atoms with van der Waals surface area (Å²) in [5.41, 5.74) is 1.35. The standard InChI is InChI=1S/C14H16N2O3S/c1-9-7-16(4-5-19-9)14(18)10-2-3-12-11(6-10)15-13(17)8-20-12/h2-3,6,9H,4-5,7-8H2,1H3,(H,15,17)/t9-/m0/s1. The third-order valence-corrected chi connectivity index (χ3v) is 4.46. The molecule has 2 aliphatic heterocycles. The number of hydrogen-bond donors (Lipinski definition) is 1. The van der Waals surface area contributed by atoms with Crippen LogP contribution in [0.4, 0.5) is 5.69 Å². The van der Waals surface area contributed by atoms with Gasteiger partial charge in [-0.15, -0.1) is 11.8 Å². The van der Waals surface area contributed by atoms with E-state index in [0.717, 1.165) is 10.6 Å². The van der Waals surface area contributed by atoms with Crippen LogP contribution in [-0.4, -0.2) is 48.3 Å². The Bertz CT molecular complexity index is 561. The summed E-state index contributed by atoms with van der Waals surface area (Å²) in [7, 11) is 0. The highest BCUT2D eigenvalue weighted by atomic mass is 32.2. The van der Waals surface area contributed by atoms with Crippen LogP contribution in [0.25, 0.3) is 0 Å². The molecule has 0 bridgehead atoms. The highest BCUT2D eigenvalue weighted by Gasteiger charge is 2.24. The zero-order valence-corrected chi connectivity index (χ0v) is 12.0. The minimum Gasteiger partial charge on any atom is -0.375 e. The molecule has 0 aromatic heterocycles. The Kier molecular flexibility index (Phi) is 3.67. The highest BCUT2D eigenvalue weighted by molar-refractivity contribution is 8.00. The normalized spacial score (nSPS) is 22.1. The molecule has 1 saturated heterocycles. The minimum absolute atomic E-state index is 0.00669. The smallest absolute Gasteiger partial charge is 0.254 e. The van der Waals surface area contributed by atoms with Crippen molar-refractivity contribution >= 4 is 29.3 Å². The van der Waals surface area contributed by atoms with Crippen molar-refractivity contribution in [1.29, 1.82) is 0 Å². The first-order chi connectivity index (χ1) is 9.63. The first kappa shape index (κ1) is 13.5. The lowest BCUT2D eigenvalue weighted by atomic mass is 10.1. The second-order valence-electron chi connectivity index (χ2n) is 4.98. The summed E-state index contributed by atoms with van der Waals surface area (Å²) in [5, 5.41) is 2.81. The second kappa shape index (κ2) is 5.46. The van der Waals surface area contributed by atoms with Crippen LogP contribution in [0.15, 0.2) is 23.1 Å². The van der Waals surface area contributed by atoms with E-state index < -0.39 is 0 Å². The minimum atomic E-state index is -0.0212. The highest BCUT2D eigenvalue weighted by Crippen LogP contribution is 2.32. The van der Waals surface area contributed by atoms with E-state index in [2.05, 4.69) is 5.32 Å². The van der Waals surface area contributed by atoms with Gasteiger partial charge < -0.3 is 15.0 Å². The van der Waals surface area contributed by atoms with E-state index in [1.54, 1.807) is 11.0 Å². The molecule has 0 unspecified atom stereocenters. The lowest BCUT2D eigenvalue weighted by molar-refractivity contribution is -0.113. The van der Waals surface area contributed by atoms with Crippen molar-refractivity contribution in [1.82, 2.24) is 4.90 Å². The largest absolute Gasteiger partial charge is 0.375 e. The van der Waals surface area contributed by atoms with Crippen LogP contribution in [0.1, 0.15) is 17.3 Å². The predicted octanol–water partition coefficient (Wildman–Crippen LogP) is 1.59. The summed E-state index contributed by atoms with van der Waals surface area (Å²) in [6, 6.07) is 5.49. The maximum atomic E-state index is 12.5. The van der Waals surface area contributed by atoms with Crippen LogP contribution < -0.4 is 5.32 Å². The van der Waals surface area contributed by atoms with Crippen molar-refractivity contribution in [3.05, 3.63) is 23.8 Å². The Labute approximate surface area is 121 Å². The molecule has 1 aromatic rings. The van der Waals surface area contributed by atoms with Crippen molar-refractivity contribution in [2.75, 3.05) is 30.8 Å². The molecule has 2 amide bonds. The molecule has 0 spiro atoms. The van der Waals surface area contributed by atoms with E-state index >= 15 is 0 Å². The molecule has 1 aromatic carbocycles. The quantitative estimate of drug-likeness (QED) is 0.854. The number of nitrogens with zero attached hydrogens (tertiary/aromatic N) is 1. The first-order valence-corrected chi connectivity index (χ1v) is 7.59. The molecule has 1 N–H and O–H groups in total. The van der Waals surface area contributed by atoms with Gasteiger partial charge in [0.15, 0.2) is 0 Å². The van der Waals surface area contributed by atoms with Crippen molar-refractivity contribution in [3.8, 4) is 0 Å². The van der Waals surface area contributed by atoms with Gasteiger partial charge in [0.25, 0.3) is 5.91 Å². The Balaban J connectivity index is 1.81. The summed E-state index contributed by atoms with van der Waals surface area (Å²) in [4.78, 5) is 26.7. The lowest BCUT2D eigenvalue weighted by Crippen LogP contribution is -2.44. The molecule has 20 heavy (non-hydrogen) atoms. The molecule has 0 saturated carbocycles. The number of ether oxygens (including phenoxy) is 1. The summed E-state index contributed by atoms with van der Waals surface area (Å²) in [5.74, 6) is 0.404. The number of fused-ring (bicyclic) bond motifs is 1. The molecule has 1 fully saturated rings. The van der Waals surface area contributed by atoms with Gasteiger partial charge in [0.1, 0.15) is 0 Å². The fourth-order valence-corrected chi connectivity index (χ4v) is 3.19. The van der Waals surface area contributed by atoms with E-state index in [1.165, 1.54) is 11.8 Å². The van der Waals surface area contributed by atoms with Crippen molar-refractivity contribution < 1.29 is 14.3 Å². The van der Waals surface area contributed by atoms with Crippen molar-refractivity contribution in [3.63, 3.8) is 0 Å². The van der Waals surface area contributed by atoms with E-state index in [-0.39, 0.29) is 17.9 Å². The molecule has 2 heterocycles. The molecule has 6 heteroatoms. The lowest BCUT2D eigenvalue weighted by Gasteiger charge is -2.31. The van der Waals surface area contributed by atoms with E-state index in [9.17, 15) is 9.59 Å². The summed E-state index contributed by atoms with van der Waals surface area (Å²) in [6.07, 6.45) is 0.0700. The van der Waals surface area contributed by atoms with Crippen LogP contribution in [0.2, 0.25) is 0 Å². The average Bonchev–Trinajstić information content (AvgIpc) is 2.45. The van der Waals surface area contributed by atoms with Gasteiger partial charge in [0.05, 0.1) is 24.2 Å². The Morgan fingerprint density at radius 2 is 2.35 bits per heavy atom. The zero-order valence-electron chi connectivity index (χ0n) is 11.2. The van der Waals surface area contributed by atoms with Gasteiger partial charge in [-0.05, 0) is 25.1 Å². The zero-order chi connectivity index (χ0) is 14.1. The number of morpholine rings is 1. The van der Waals surface area contributed by atoms with Gasteiger partial charge in [0.2, 0.25) is 5.91 Å². The molecule has 0 radical (unpaired) electrons. The fourth-order valence-electron chi connectivity index (χ4n) is 2.40. The van der Waals surface area contributed by atoms with Crippen molar-refractivity contribution in [2.24, 2.45) is 0 Å². The van der Waals surface area contributed by atoms with E-state index in [4.69, 9.17) is 4.74 Å². The average molecular weight is 292 g/mol. The summed E-state index contributed by atoms with van der Waals surface area (Å²) in [6.45, 7) is 3.76. The van der Waals surface area contributed by atoms with Crippen LogP contribution >= 0.6 is 11.8 Å². The number of anilines is 1.